The highest BCUT2D eigenvalue weighted by Gasteiger charge is 2.09. The van der Waals surface area contributed by atoms with Crippen molar-refractivity contribution in [3.8, 4) is 11.5 Å². The Morgan fingerprint density at radius 3 is 2.61 bits per heavy atom. The molecule has 1 unspecified atom stereocenters. The Balaban J connectivity index is 1.98. The van der Waals surface area contributed by atoms with E-state index in [1.807, 2.05) is 0 Å². The zero-order valence-electron chi connectivity index (χ0n) is 9.58. The minimum atomic E-state index is -0.875. The van der Waals surface area contributed by atoms with Crippen molar-refractivity contribution < 1.29 is 19.3 Å². The maximum atomic E-state index is 12.9. The second-order valence-corrected chi connectivity index (χ2v) is 3.88. The molecule has 0 heterocycles. The fourth-order valence-corrected chi connectivity index (χ4v) is 1.56. The SMILES string of the molecule is Oc1cccc(C(O)COc2cccc(F)c2)c1. The Morgan fingerprint density at radius 2 is 1.89 bits per heavy atom. The highest BCUT2D eigenvalue weighted by molar-refractivity contribution is 5.29. The van der Waals surface area contributed by atoms with Gasteiger partial charge in [0.05, 0.1) is 0 Å². The molecule has 0 fully saturated rings. The van der Waals surface area contributed by atoms with Gasteiger partial charge in [0, 0.05) is 6.07 Å². The maximum absolute atomic E-state index is 12.9. The Kier molecular flexibility index (Phi) is 3.79. The number of hydrogen-bond donors (Lipinski definition) is 2. The number of halogens is 1. The molecule has 0 saturated heterocycles. The van der Waals surface area contributed by atoms with Gasteiger partial charge in [-0.3, -0.25) is 0 Å². The molecular weight excluding hydrogens is 235 g/mol. The number of rotatable bonds is 4. The number of aliphatic hydroxyl groups is 1. The number of ether oxygens (including phenoxy) is 1. The molecule has 0 spiro atoms. The van der Waals surface area contributed by atoms with Crippen molar-refractivity contribution in [2.75, 3.05) is 6.61 Å². The molecule has 0 saturated carbocycles. The standard InChI is InChI=1S/C14H13FO3/c15-11-4-2-6-13(8-11)18-9-14(17)10-3-1-5-12(16)7-10/h1-8,14,16-17H,9H2. The molecule has 0 aromatic heterocycles. The summed E-state index contributed by atoms with van der Waals surface area (Å²) in [5, 5.41) is 19.1. The topological polar surface area (TPSA) is 49.7 Å². The first-order chi connectivity index (χ1) is 8.65. The van der Waals surface area contributed by atoms with E-state index in [0.717, 1.165) is 0 Å². The van der Waals surface area contributed by atoms with Crippen molar-refractivity contribution in [1.29, 1.82) is 0 Å². The van der Waals surface area contributed by atoms with E-state index in [4.69, 9.17) is 4.74 Å². The quantitative estimate of drug-likeness (QED) is 0.874. The third kappa shape index (κ3) is 3.21. The van der Waals surface area contributed by atoms with E-state index < -0.39 is 6.10 Å². The number of aliphatic hydroxyl groups excluding tert-OH is 1. The van der Waals surface area contributed by atoms with Crippen LogP contribution in [0.1, 0.15) is 11.7 Å². The molecule has 94 valence electrons. The molecule has 0 bridgehead atoms. The van der Waals surface area contributed by atoms with Gasteiger partial charge < -0.3 is 14.9 Å². The van der Waals surface area contributed by atoms with E-state index in [0.29, 0.717) is 11.3 Å². The van der Waals surface area contributed by atoms with Gasteiger partial charge in [-0.05, 0) is 29.8 Å². The molecule has 0 aliphatic carbocycles. The summed E-state index contributed by atoms with van der Waals surface area (Å²) in [5.41, 5.74) is 0.548. The van der Waals surface area contributed by atoms with E-state index in [2.05, 4.69) is 0 Å². The zero-order valence-corrected chi connectivity index (χ0v) is 9.58. The summed E-state index contributed by atoms with van der Waals surface area (Å²) >= 11 is 0. The molecule has 2 rings (SSSR count). The molecule has 4 heteroatoms. The molecule has 1 atom stereocenters. The summed E-state index contributed by atoms with van der Waals surface area (Å²) < 4.78 is 18.2. The Labute approximate surface area is 104 Å². The van der Waals surface area contributed by atoms with E-state index in [9.17, 15) is 14.6 Å². The van der Waals surface area contributed by atoms with Crippen molar-refractivity contribution in [2.45, 2.75) is 6.10 Å². The van der Waals surface area contributed by atoms with E-state index in [1.165, 1.54) is 30.3 Å². The van der Waals surface area contributed by atoms with Gasteiger partial charge in [0.25, 0.3) is 0 Å². The summed E-state index contributed by atoms with van der Waals surface area (Å²) in [6, 6.07) is 12.0. The highest BCUT2D eigenvalue weighted by atomic mass is 19.1. The van der Waals surface area contributed by atoms with Crippen molar-refractivity contribution in [1.82, 2.24) is 0 Å². The Morgan fingerprint density at radius 1 is 1.11 bits per heavy atom. The van der Waals surface area contributed by atoms with Crippen LogP contribution in [-0.4, -0.2) is 16.8 Å². The summed E-state index contributed by atoms with van der Waals surface area (Å²) in [5.74, 6) is 0.0471. The molecule has 0 aliphatic heterocycles. The summed E-state index contributed by atoms with van der Waals surface area (Å²) in [7, 11) is 0. The average Bonchev–Trinajstić information content (AvgIpc) is 2.36. The Bertz CT molecular complexity index is 528. The van der Waals surface area contributed by atoms with E-state index in [-0.39, 0.29) is 18.2 Å². The second kappa shape index (κ2) is 5.51. The lowest BCUT2D eigenvalue weighted by molar-refractivity contribution is 0.108. The second-order valence-electron chi connectivity index (χ2n) is 3.88. The zero-order chi connectivity index (χ0) is 13.0. The molecule has 0 radical (unpaired) electrons. The van der Waals surface area contributed by atoms with Crippen LogP contribution in [-0.2, 0) is 0 Å². The van der Waals surface area contributed by atoms with Gasteiger partial charge in [0.15, 0.2) is 0 Å². The average molecular weight is 248 g/mol. The number of phenols is 1. The third-order valence-electron chi connectivity index (χ3n) is 2.46. The van der Waals surface area contributed by atoms with Crippen molar-refractivity contribution in [2.24, 2.45) is 0 Å². The molecule has 0 aliphatic rings. The van der Waals surface area contributed by atoms with Crippen molar-refractivity contribution in [3.63, 3.8) is 0 Å². The molecule has 2 N–H and O–H groups in total. The predicted molar refractivity (Wildman–Crippen MR) is 65.0 cm³/mol. The lowest BCUT2D eigenvalue weighted by Gasteiger charge is -2.12. The van der Waals surface area contributed by atoms with Crippen molar-refractivity contribution >= 4 is 0 Å². The summed E-state index contributed by atoms with van der Waals surface area (Å²) in [4.78, 5) is 0. The van der Waals surface area contributed by atoms with Gasteiger partial charge in [-0.25, -0.2) is 4.39 Å². The van der Waals surface area contributed by atoms with Crippen LogP contribution in [0.25, 0.3) is 0 Å². The lowest BCUT2D eigenvalue weighted by atomic mass is 10.1. The maximum Gasteiger partial charge on any atom is 0.126 e. The summed E-state index contributed by atoms with van der Waals surface area (Å²) in [6.07, 6.45) is -0.875. The van der Waals surface area contributed by atoms with Crippen molar-refractivity contribution in [3.05, 3.63) is 59.9 Å². The fourth-order valence-electron chi connectivity index (χ4n) is 1.56. The molecule has 18 heavy (non-hydrogen) atoms. The normalized spacial score (nSPS) is 12.1. The minimum Gasteiger partial charge on any atom is -0.508 e. The van der Waals surface area contributed by atoms with Crippen LogP contribution in [0.5, 0.6) is 11.5 Å². The van der Waals surface area contributed by atoms with Gasteiger partial charge in [0.1, 0.15) is 30.0 Å². The largest absolute Gasteiger partial charge is 0.508 e. The molecule has 2 aromatic carbocycles. The van der Waals surface area contributed by atoms with Crippen LogP contribution >= 0.6 is 0 Å². The number of hydrogen-bond acceptors (Lipinski definition) is 3. The van der Waals surface area contributed by atoms with Gasteiger partial charge in [-0.15, -0.1) is 0 Å². The van der Waals surface area contributed by atoms with Crippen LogP contribution < -0.4 is 4.74 Å². The predicted octanol–water partition coefficient (Wildman–Crippen LogP) is 2.64. The molecule has 3 nitrogen and oxygen atoms in total. The Hall–Kier alpha value is -2.07. The number of aromatic hydroxyl groups is 1. The number of benzene rings is 2. The monoisotopic (exact) mass is 248 g/mol. The molecule has 0 amide bonds. The van der Waals surface area contributed by atoms with Gasteiger partial charge in [0.2, 0.25) is 0 Å². The number of phenolic OH excluding ortho intramolecular Hbond substituents is 1. The third-order valence-corrected chi connectivity index (χ3v) is 2.46. The van der Waals surface area contributed by atoms with Crippen LogP contribution in [0.3, 0.4) is 0 Å². The van der Waals surface area contributed by atoms with E-state index in [1.54, 1.807) is 18.2 Å². The van der Waals surface area contributed by atoms with Crippen LogP contribution in [0.2, 0.25) is 0 Å². The fraction of sp³-hybridized carbons (Fsp3) is 0.143. The molecule has 2 aromatic rings. The first-order valence-corrected chi connectivity index (χ1v) is 5.50. The van der Waals surface area contributed by atoms with Crippen LogP contribution in [0, 0.1) is 5.82 Å². The van der Waals surface area contributed by atoms with Crippen LogP contribution in [0.15, 0.2) is 48.5 Å². The first-order valence-electron chi connectivity index (χ1n) is 5.50. The van der Waals surface area contributed by atoms with Crippen LogP contribution in [0.4, 0.5) is 4.39 Å². The van der Waals surface area contributed by atoms with E-state index >= 15 is 0 Å². The lowest BCUT2D eigenvalue weighted by Crippen LogP contribution is -2.09. The highest BCUT2D eigenvalue weighted by Crippen LogP contribution is 2.20. The minimum absolute atomic E-state index is 0.00704. The van der Waals surface area contributed by atoms with Gasteiger partial charge in [-0.1, -0.05) is 18.2 Å². The van der Waals surface area contributed by atoms with Gasteiger partial charge in [-0.2, -0.15) is 0 Å². The smallest absolute Gasteiger partial charge is 0.126 e. The summed E-state index contributed by atoms with van der Waals surface area (Å²) in [6.45, 7) is -0.00704. The van der Waals surface area contributed by atoms with Gasteiger partial charge >= 0.3 is 0 Å². The first kappa shape index (κ1) is 12.4. The molecular formula is C14H13FO3.